The third-order valence-corrected chi connectivity index (χ3v) is 4.19. The van der Waals surface area contributed by atoms with Crippen LogP contribution in [0.5, 0.6) is 0 Å². The van der Waals surface area contributed by atoms with Crippen LogP contribution >= 0.6 is 0 Å². The zero-order valence-electron chi connectivity index (χ0n) is 15.1. The molecule has 2 heterocycles. The summed E-state index contributed by atoms with van der Waals surface area (Å²) >= 11 is 0. The van der Waals surface area contributed by atoms with Gasteiger partial charge in [-0.3, -0.25) is 4.98 Å². The number of pyridine rings is 1. The van der Waals surface area contributed by atoms with Crippen LogP contribution in [0, 0.1) is 11.6 Å². The van der Waals surface area contributed by atoms with Gasteiger partial charge in [0.2, 0.25) is 0 Å². The first-order valence-corrected chi connectivity index (χ1v) is 8.61. The third kappa shape index (κ3) is 3.44. The van der Waals surface area contributed by atoms with E-state index in [9.17, 15) is 8.78 Å². The Morgan fingerprint density at radius 3 is 2.61 bits per heavy atom. The summed E-state index contributed by atoms with van der Waals surface area (Å²) in [6.45, 7) is 5.69. The fourth-order valence-corrected chi connectivity index (χ4v) is 2.94. The molecule has 4 nitrogen and oxygen atoms in total. The molecule has 0 bridgehead atoms. The van der Waals surface area contributed by atoms with E-state index in [1.54, 1.807) is 30.6 Å². The number of fused-ring (bicyclic) bond motifs is 1. The molecule has 28 heavy (non-hydrogen) atoms. The van der Waals surface area contributed by atoms with Crippen LogP contribution in [0.4, 0.5) is 14.6 Å². The van der Waals surface area contributed by atoms with E-state index >= 15 is 0 Å². The predicted molar refractivity (Wildman–Crippen MR) is 107 cm³/mol. The molecule has 0 aliphatic rings. The van der Waals surface area contributed by atoms with Crippen LogP contribution in [0.1, 0.15) is 6.92 Å². The summed E-state index contributed by atoms with van der Waals surface area (Å²) in [7, 11) is 0. The van der Waals surface area contributed by atoms with E-state index in [4.69, 9.17) is 0 Å². The molecule has 4 rings (SSSR count). The van der Waals surface area contributed by atoms with Crippen LogP contribution < -0.4 is 5.32 Å². The maximum absolute atomic E-state index is 14.2. The molecular weight excluding hydrogens is 358 g/mol. The topological polar surface area (TPSA) is 50.7 Å². The molecule has 2 aromatic heterocycles. The molecule has 0 aliphatic heterocycles. The Labute approximate surface area is 160 Å². The van der Waals surface area contributed by atoms with Crippen LogP contribution in [-0.4, -0.2) is 15.0 Å². The van der Waals surface area contributed by atoms with Gasteiger partial charge in [0.25, 0.3) is 0 Å². The van der Waals surface area contributed by atoms with E-state index in [0.717, 1.165) is 17.7 Å². The molecule has 0 fully saturated rings. The minimum absolute atomic E-state index is 0.180. The Morgan fingerprint density at radius 2 is 1.86 bits per heavy atom. The van der Waals surface area contributed by atoms with Crippen LogP contribution in [0.2, 0.25) is 0 Å². The molecule has 0 atom stereocenters. The van der Waals surface area contributed by atoms with Gasteiger partial charge in [0, 0.05) is 34.6 Å². The lowest BCUT2D eigenvalue weighted by Gasteiger charge is -2.12. The van der Waals surface area contributed by atoms with Crippen molar-refractivity contribution in [1.29, 1.82) is 0 Å². The highest BCUT2D eigenvalue weighted by Gasteiger charge is 2.13. The molecule has 0 aliphatic carbocycles. The van der Waals surface area contributed by atoms with E-state index in [0.29, 0.717) is 33.8 Å². The molecule has 0 amide bonds. The fraction of sp³-hybridized carbons (Fsp3) is 0.0455. The summed E-state index contributed by atoms with van der Waals surface area (Å²) in [5.74, 6) is 0.0482. The van der Waals surface area contributed by atoms with Crippen molar-refractivity contribution in [3.05, 3.63) is 84.8 Å². The second-order valence-corrected chi connectivity index (χ2v) is 6.40. The van der Waals surface area contributed by atoms with Crippen molar-refractivity contribution in [3.8, 4) is 22.5 Å². The second kappa shape index (κ2) is 7.15. The summed E-state index contributed by atoms with van der Waals surface area (Å²) in [5.41, 5.74) is 2.85. The van der Waals surface area contributed by atoms with Gasteiger partial charge >= 0.3 is 0 Å². The lowest BCUT2D eigenvalue weighted by atomic mass is 10.0. The van der Waals surface area contributed by atoms with Crippen LogP contribution in [0.25, 0.3) is 33.4 Å². The number of hydrogen-bond donors (Lipinski definition) is 1. The summed E-state index contributed by atoms with van der Waals surface area (Å²) in [4.78, 5) is 13.3. The van der Waals surface area contributed by atoms with Gasteiger partial charge in [-0.05, 0) is 55.0 Å². The Hall–Kier alpha value is -3.67. The van der Waals surface area contributed by atoms with Crippen molar-refractivity contribution in [2.75, 3.05) is 5.32 Å². The molecule has 4 aromatic rings. The van der Waals surface area contributed by atoms with Crippen molar-refractivity contribution >= 4 is 16.7 Å². The van der Waals surface area contributed by atoms with Gasteiger partial charge in [-0.1, -0.05) is 12.6 Å². The number of aromatic nitrogens is 3. The van der Waals surface area contributed by atoms with Gasteiger partial charge in [-0.15, -0.1) is 0 Å². The molecule has 0 radical (unpaired) electrons. The SMILES string of the molecule is C=C(C)Nc1nc(-c2cccnc2)nc2ccc(-c3cc(F)ccc3F)cc12. The summed E-state index contributed by atoms with van der Waals surface area (Å²) < 4.78 is 27.8. The van der Waals surface area contributed by atoms with E-state index in [1.165, 1.54) is 6.07 Å². The van der Waals surface area contributed by atoms with E-state index in [-0.39, 0.29) is 5.56 Å². The van der Waals surface area contributed by atoms with E-state index < -0.39 is 11.6 Å². The highest BCUT2D eigenvalue weighted by atomic mass is 19.1. The second-order valence-electron chi connectivity index (χ2n) is 6.40. The first-order valence-electron chi connectivity index (χ1n) is 8.61. The molecule has 1 N–H and O–H groups in total. The molecule has 0 saturated carbocycles. The minimum Gasteiger partial charge on any atom is -0.344 e. The normalized spacial score (nSPS) is 10.8. The highest BCUT2D eigenvalue weighted by Crippen LogP contribution is 2.31. The van der Waals surface area contributed by atoms with Crippen LogP contribution in [-0.2, 0) is 0 Å². The maximum atomic E-state index is 14.2. The molecule has 138 valence electrons. The standard InChI is InChI=1S/C22H16F2N4/c1-13(2)26-22-18-10-14(17-11-16(23)6-7-19(17)24)5-8-20(18)27-21(28-22)15-4-3-9-25-12-15/h3-12H,1H2,2H3,(H,26,27,28). The summed E-state index contributed by atoms with van der Waals surface area (Å²) in [6, 6.07) is 12.3. The molecule has 0 spiro atoms. The number of hydrogen-bond acceptors (Lipinski definition) is 4. The summed E-state index contributed by atoms with van der Waals surface area (Å²) in [6.07, 6.45) is 3.36. The highest BCUT2D eigenvalue weighted by molar-refractivity contribution is 5.94. The average Bonchev–Trinajstić information content (AvgIpc) is 2.70. The van der Waals surface area contributed by atoms with Gasteiger partial charge in [-0.25, -0.2) is 18.7 Å². The van der Waals surface area contributed by atoms with Crippen molar-refractivity contribution < 1.29 is 8.78 Å². The number of nitrogens with one attached hydrogen (secondary N) is 1. The van der Waals surface area contributed by atoms with Crippen LogP contribution in [0.3, 0.4) is 0 Å². The molecular formula is C22H16F2N4. The van der Waals surface area contributed by atoms with Crippen molar-refractivity contribution in [2.24, 2.45) is 0 Å². The molecule has 0 saturated heterocycles. The quantitative estimate of drug-likeness (QED) is 0.506. The monoisotopic (exact) mass is 374 g/mol. The minimum atomic E-state index is -0.500. The van der Waals surface area contributed by atoms with Gasteiger partial charge < -0.3 is 5.32 Å². The number of rotatable bonds is 4. The first kappa shape index (κ1) is 17.7. The van der Waals surface area contributed by atoms with E-state index in [1.807, 2.05) is 19.1 Å². The predicted octanol–water partition coefficient (Wildman–Crippen LogP) is 5.58. The zero-order valence-corrected chi connectivity index (χ0v) is 15.1. The smallest absolute Gasteiger partial charge is 0.163 e. The third-order valence-electron chi connectivity index (χ3n) is 4.19. The number of benzene rings is 2. The number of anilines is 1. The first-order chi connectivity index (χ1) is 13.5. The van der Waals surface area contributed by atoms with Gasteiger partial charge in [0.15, 0.2) is 5.82 Å². The Kier molecular flexibility index (Phi) is 4.53. The fourth-order valence-electron chi connectivity index (χ4n) is 2.94. The largest absolute Gasteiger partial charge is 0.344 e. The van der Waals surface area contributed by atoms with Crippen molar-refractivity contribution in [2.45, 2.75) is 6.92 Å². The molecule has 2 aromatic carbocycles. The molecule has 6 heteroatoms. The lowest BCUT2D eigenvalue weighted by Crippen LogP contribution is -2.02. The zero-order chi connectivity index (χ0) is 19.7. The van der Waals surface area contributed by atoms with Crippen LogP contribution in [0.15, 0.2) is 73.2 Å². The summed E-state index contributed by atoms with van der Waals surface area (Å²) in [5, 5.41) is 3.81. The maximum Gasteiger partial charge on any atom is 0.163 e. The van der Waals surface area contributed by atoms with Crippen molar-refractivity contribution in [3.63, 3.8) is 0 Å². The Morgan fingerprint density at radius 1 is 1.00 bits per heavy atom. The van der Waals surface area contributed by atoms with Crippen molar-refractivity contribution in [1.82, 2.24) is 15.0 Å². The number of nitrogens with zero attached hydrogens (tertiary/aromatic N) is 3. The van der Waals surface area contributed by atoms with Gasteiger partial charge in [0.05, 0.1) is 5.52 Å². The van der Waals surface area contributed by atoms with Gasteiger partial charge in [-0.2, -0.15) is 0 Å². The number of halogens is 2. The molecule has 0 unspecified atom stereocenters. The Balaban J connectivity index is 1.93. The van der Waals surface area contributed by atoms with Gasteiger partial charge in [0.1, 0.15) is 17.5 Å². The average molecular weight is 374 g/mol. The number of allylic oxidation sites excluding steroid dienone is 1. The lowest BCUT2D eigenvalue weighted by molar-refractivity contribution is 0.603. The Bertz CT molecular complexity index is 1190. The van der Waals surface area contributed by atoms with E-state index in [2.05, 4.69) is 26.8 Å².